The Bertz CT molecular complexity index is 482. The molecule has 3 rings (SSSR count). The van der Waals surface area contributed by atoms with Gasteiger partial charge >= 0.3 is 0 Å². The smallest absolute Gasteiger partial charge is 0.119 e. The van der Waals surface area contributed by atoms with Crippen molar-refractivity contribution >= 4 is 0 Å². The van der Waals surface area contributed by atoms with Crippen LogP contribution in [0.15, 0.2) is 24.3 Å². The fourth-order valence-electron chi connectivity index (χ4n) is 4.21. The highest BCUT2D eigenvalue weighted by molar-refractivity contribution is 5.33. The van der Waals surface area contributed by atoms with Crippen LogP contribution in [0.4, 0.5) is 0 Å². The number of nitrogens with zero attached hydrogens (tertiary/aromatic N) is 1. The normalized spacial score (nSPS) is 30.2. The van der Waals surface area contributed by atoms with E-state index < -0.39 is 5.60 Å². The summed E-state index contributed by atoms with van der Waals surface area (Å²) in [4.78, 5) is 2.58. The van der Waals surface area contributed by atoms with Crippen molar-refractivity contribution in [3.05, 3.63) is 29.8 Å². The molecule has 1 aromatic carbocycles. The van der Waals surface area contributed by atoms with Gasteiger partial charge < -0.3 is 14.7 Å². The molecule has 1 saturated heterocycles. The third-order valence-corrected chi connectivity index (χ3v) is 5.53. The predicted octanol–water partition coefficient (Wildman–Crippen LogP) is 3.56. The lowest BCUT2D eigenvalue weighted by atomic mass is 9.83. The summed E-state index contributed by atoms with van der Waals surface area (Å²) in [5, 5.41) is 11.4. The Morgan fingerprint density at radius 2 is 1.95 bits per heavy atom. The van der Waals surface area contributed by atoms with Gasteiger partial charge in [0.25, 0.3) is 0 Å². The van der Waals surface area contributed by atoms with E-state index in [1.54, 1.807) is 7.11 Å². The first-order valence-electron chi connectivity index (χ1n) is 8.81. The van der Waals surface area contributed by atoms with E-state index in [0.29, 0.717) is 5.92 Å². The van der Waals surface area contributed by atoms with Gasteiger partial charge in [-0.15, -0.1) is 0 Å². The molecule has 0 spiro atoms. The Balaban J connectivity index is 1.75. The predicted molar refractivity (Wildman–Crippen MR) is 89.1 cm³/mol. The molecule has 0 amide bonds. The Kier molecular flexibility index (Phi) is 5.04. The minimum Gasteiger partial charge on any atom is -0.497 e. The van der Waals surface area contributed by atoms with Crippen LogP contribution in [0.1, 0.15) is 50.5 Å². The average Bonchev–Trinajstić information content (AvgIpc) is 2.76. The van der Waals surface area contributed by atoms with Crippen molar-refractivity contribution in [2.45, 2.75) is 50.5 Å². The number of rotatable bonds is 4. The fourth-order valence-corrected chi connectivity index (χ4v) is 4.21. The molecule has 1 aliphatic carbocycles. The molecule has 1 aromatic rings. The number of hydrogen-bond donors (Lipinski definition) is 1. The highest BCUT2D eigenvalue weighted by atomic mass is 16.5. The minimum atomic E-state index is -0.680. The quantitative estimate of drug-likeness (QED) is 0.923. The Hall–Kier alpha value is -1.06. The van der Waals surface area contributed by atoms with Crippen molar-refractivity contribution in [2.75, 3.05) is 26.7 Å². The highest BCUT2D eigenvalue weighted by Crippen LogP contribution is 2.44. The lowest BCUT2D eigenvalue weighted by Crippen LogP contribution is -2.39. The molecular weight excluding hydrogens is 274 g/mol. The van der Waals surface area contributed by atoms with Crippen molar-refractivity contribution < 1.29 is 9.84 Å². The molecule has 3 heteroatoms. The van der Waals surface area contributed by atoms with E-state index in [1.807, 2.05) is 18.2 Å². The van der Waals surface area contributed by atoms with Crippen molar-refractivity contribution in [3.8, 4) is 5.75 Å². The molecule has 3 nitrogen and oxygen atoms in total. The Morgan fingerprint density at radius 3 is 2.68 bits per heavy atom. The zero-order valence-corrected chi connectivity index (χ0v) is 13.8. The van der Waals surface area contributed by atoms with Crippen molar-refractivity contribution in [3.63, 3.8) is 0 Å². The second kappa shape index (κ2) is 7.01. The molecule has 2 fully saturated rings. The van der Waals surface area contributed by atoms with E-state index in [0.717, 1.165) is 37.1 Å². The zero-order valence-electron chi connectivity index (χ0n) is 13.8. The van der Waals surface area contributed by atoms with Gasteiger partial charge in [-0.05, 0) is 62.9 Å². The molecule has 2 aliphatic rings. The van der Waals surface area contributed by atoms with Crippen LogP contribution in [0.5, 0.6) is 5.75 Å². The highest BCUT2D eigenvalue weighted by Gasteiger charge is 2.43. The summed E-state index contributed by atoms with van der Waals surface area (Å²) in [5.41, 5.74) is 0.352. The summed E-state index contributed by atoms with van der Waals surface area (Å²) < 4.78 is 5.34. The van der Waals surface area contributed by atoms with Crippen LogP contribution < -0.4 is 4.74 Å². The van der Waals surface area contributed by atoms with Gasteiger partial charge in [-0.1, -0.05) is 25.0 Å². The molecule has 2 unspecified atom stereocenters. The largest absolute Gasteiger partial charge is 0.497 e. The molecule has 1 aliphatic heterocycles. The van der Waals surface area contributed by atoms with Gasteiger partial charge in [0.2, 0.25) is 0 Å². The molecule has 0 bridgehead atoms. The summed E-state index contributed by atoms with van der Waals surface area (Å²) in [5.74, 6) is 1.18. The van der Waals surface area contributed by atoms with Crippen molar-refractivity contribution in [1.29, 1.82) is 0 Å². The average molecular weight is 303 g/mol. The van der Waals surface area contributed by atoms with Crippen molar-refractivity contribution in [2.24, 2.45) is 5.92 Å². The number of likely N-dealkylation sites (tertiary alicyclic amines) is 1. The zero-order chi connectivity index (χ0) is 15.4. The first-order valence-corrected chi connectivity index (χ1v) is 8.81. The van der Waals surface area contributed by atoms with E-state index in [4.69, 9.17) is 4.74 Å². The van der Waals surface area contributed by atoms with Gasteiger partial charge in [-0.3, -0.25) is 0 Å². The number of benzene rings is 1. The van der Waals surface area contributed by atoms with Gasteiger partial charge in [-0.2, -0.15) is 0 Å². The molecule has 0 radical (unpaired) electrons. The second-order valence-corrected chi connectivity index (χ2v) is 6.96. The minimum absolute atomic E-state index is 0.345. The summed E-state index contributed by atoms with van der Waals surface area (Å²) in [6.07, 6.45) is 8.46. The molecule has 1 saturated carbocycles. The lowest BCUT2D eigenvalue weighted by molar-refractivity contribution is -0.0156. The van der Waals surface area contributed by atoms with Gasteiger partial charge in [0.1, 0.15) is 5.75 Å². The van der Waals surface area contributed by atoms with Gasteiger partial charge in [0.05, 0.1) is 12.7 Å². The maximum Gasteiger partial charge on any atom is 0.119 e. The van der Waals surface area contributed by atoms with Crippen LogP contribution in [-0.4, -0.2) is 36.8 Å². The van der Waals surface area contributed by atoms with E-state index in [2.05, 4.69) is 11.0 Å². The van der Waals surface area contributed by atoms with E-state index >= 15 is 0 Å². The molecule has 1 N–H and O–H groups in total. The van der Waals surface area contributed by atoms with E-state index in [9.17, 15) is 5.11 Å². The molecular formula is C19H29NO2. The van der Waals surface area contributed by atoms with Crippen LogP contribution in [0.2, 0.25) is 0 Å². The van der Waals surface area contributed by atoms with Crippen LogP contribution in [-0.2, 0) is 5.60 Å². The standard InChI is InChI=1S/C19H29NO2/c1-22-18-10-6-8-16(14-18)19(21)11-7-9-17(19)15-20-12-4-2-3-5-13-20/h6,8,10,14,17,21H,2-5,7,9,11-13,15H2,1H3. The molecule has 1 heterocycles. The summed E-state index contributed by atoms with van der Waals surface area (Å²) in [6.45, 7) is 3.43. The second-order valence-electron chi connectivity index (χ2n) is 6.96. The van der Waals surface area contributed by atoms with E-state index in [-0.39, 0.29) is 0 Å². The first-order chi connectivity index (χ1) is 10.7. The number of ether oxygens (including phenoxy) is 1. The summed E-state index contributed by atoms with van der Waals surface area (Å²) >= 11 is 0. The van der Waals surface area contributed by atoms with Crippen LogP contribution in [0.25, 0.3) is 0 Å². The number of aliphatic hydroxyl groups is 1. The fraction of sp³-hybridized carbons (Fsp3) is 0.684. The lowest BCUT2D eigenvalue weighted by Gasteiger charge is -2.34. The molecule has 2 atom stereocenters. The van der Waals surface area contributed by atoms with E-state index in [1.165, 1.54) is 38.8 Å². The molecule has 22 heavy (non-hydrogen) atoms. The van der Waals surface area contributed by atoms with Crippen LogP contribution in [0.3, 0.4) is 0 Å². The third kappa shape index (κ3) is 3.31. The molecule has 122 valence electrons. The SMILES string of the molecule is COc1cccc(C2(O)CCCC2CN2CCCCCC2)c1. The van der Waals surface area contributed by atoms with Gasteiger partial charge in [0, 0.05) is 12.5 Å². The van der Waals surface area contributed by atoms with Crippen LogP contribution >= 0.6 is 0 Å². The number of methoxy groups -OCH3 is 1. The maximum atomic E-state index is 11.4. The topological polar surface area (TPSA) is 32.7 Å². The van der Waals surface area contributed by atoms with Crippen molar-refractivity contribution in [1.82, 2.24) is 4.90 Å². The van der Waals surface area contributed by atoms with Crippen LogP contribution in [0, 0.1) is 5.92 Å². The summed E-state index contributed by atoms with van der Waals surface area (Å²) in [7, 11) is 1.69. The molecule has 0 aromatic heterocycles. The maximum absolute atomic E-state index is 11.4. The Morgan fingerprint density at radius 1 is 1.18 bits per heavy atom. The summed E-state index contributed by atoms with van der Waals surface area (Å²) in [6, 6.07) is 8.02. The first kappa shape index (κ1) is 15.8. The third-order valence-electron chi connectivity index (χ3n) is 5.53. The Labute approximate surface area is 134 Å². The number of hydrogen-bond acceptors (Lipinski definition) is 3. The van der Waals surface area contributed by atoms with Gasteiger partial charge in [0.15, 0.2) is 0 Å². The monoisotopic (exact) mass is 303 g/mol. The van der Waals surface area contributed by atoms with Gasteiger partial charge in [-0.25, -0.2) is 0 Å².